The van der Waals surface area contributed by atoms with E-state index in [4.69, 9.17) is 9.47 Å². The van der Waals surface area contributed by atoms with Crippen LogP contribution in [-0.2, 0) is 11.8 Å². The molecule has 2 aliphatic heterocycles. The van der Waals surface area contributed by atoms with Gasteiger partial charge < -0.3 is 23.8 Å². The molecule has 2 aliphatic rings. The number of nitrogens with zero attached hydrogens (tertiary/aromatic N) is 5. The van der Waals surface area contributed by atoms with Crippen LogP contribution in [0.4, 0.5) is 5.69 Å². The third-order valence-corrected chi connectivity index (χ3v) is 6.03. The summed E-state index contributed by atoms with van der Waals surface area (Å²) in [6.07, 6.45) is 4.03. The van der Waals surface area contributed by atoms with E-state index in [1.54, 1.807) is 30.3 Å². The van der Waals surface area contributed by atoms with Crippen LogP contribution in [0, 0.1) is 0 Å². The number of carbonyl (C=O) groups is 1. The highest BCUT2D eigenvalue weighted by Crippen LogP contribution is 2.29. The average molecular weight is 435 g/mol. The molecule has 1 aromatic carbocycles. The maximum atomic E-state index is 12.9. The molecular weight excluding hydrogens is 410 g/mol. The van der Waals surface area contributed by atoms with Crippen LogP contribution in [0.1, 0.15) is 16.8 Å². The number of rotatable bonds is 4. The topological polar surface area (TPSA) is 89.8 Å². The lowest BCUT2D eigenvalue weighted by atomic mass is 10.1. The van der Waals surface area contributed by atoms with Crippen LogP contribution in [0.15, 0.2) is 47.7 Å². The molecule has 32 heavy (non-hydrogen) atoms. The fourth-order valence-electron chi connectivity index (χ4n) is 4.17. The Labute approximate surface area is 185 Å². The lowest BCUT2D eigenvalue weighted by Crippen LogP contribution is -2.49. The number of amides is 1. The Morgan fingerprint density at radius 1 is 1.16 bits per heavy atom. The zero-order valence-corrected chi connectivity index (χ0v) is 17.9. The lowest BCUT2D eigenvalue weighted by molar-refractivity contribution is 0.0744. The summed E-state index contributed by atoms with van der Waals surface area (Å²) in [7, 11) is 1.65. The molecule has 1 atom stereocenters. The van der Waals surface area contributed by atoms with E-state index in [0.717, 1.165) is 23.0 Å². The van der Waals surface area contributed by atoms with Gasteiger partial charge in [0, 0.05) is 51.5 Å². The number of piperazine rings is 1. The van der Waals surface area contributed by atoms with Crippen LogP contribution in [-0.4, -0.2) is 70.8 Å². The number of hydrogen-bond acceptors (Lipinski definition) is 7. The van der Waals surface area contributed by atoms with Crippen LogP contribution >= 0.6 is 0 Å². The first kappa shape index (κ1) is 20.4. The molecule has 0 spiro atoms. The number of fused-ring (bicyclic) bond motifs is 1. The Balaban J connectivity index is 1.32. The Bertz CT molecular complexity index is 1200. The van der Waals surface area contributed by atoms with Crippen LogP contribution in [0.5, 0.6) is 5.88 Å². The van der Waals surface area contributed by atoms with Crippen molar-refractivity contribution in [2.45, 2.75) is 12.5 Å². The molecular formula is C23H25N5O4. The van der Waals surface area contributed by atoms with Crippen molar-refractivity contribution in [1.29, 1.82) is 0 Å². The highest BCUT2D eigenvalue weighted by atomic mass is 16.5. The molecule has 9 nitrogen and oxygen atoms in total. The number of aromatic nitrogens is 3. The van der Waals surface area contributed by atoms with E-state index in [2.05, 4.69) is 14.9 Å². The van der Waals surface area contributed by atoms with Gasteiger partial charge in [0.15, 0.2) is 0 Å². The molecule has 2 fully saturated rings. The molecule has 0 N–H and O–H groups in total. The number of hydrogen-bond donors (Lipinski definition) is 0. The maximum absolute atomic E-state index is 12.9. The highest BCUT2D eigenvalue weighted by molar-refractivity contribution is 5.94. The average Bonchev–Trinajstić information content (AvgIpc) is 3.34. The first-order valence-corrected chi connectivity index (χ1v) is 10.8. The number of ether oxygens (including phenoxy) is 2. The third kappa shape index (κ3) is 3.91. The number of pyridine rings is 1. The summed E-state index contributed by atoms with van der Waals surface area (Å²) in [5.74, 6) is 0.355. The summed E-state index contributed by atoms with van der Waals surface area (Å²) < 4.78 is 12.9. The monoisotopic (exact) mass is 435 g/mol. The van der Waals surface area contributed by atoms with Gasteiger partial charge in [0.05, 0.1) is 24.1 Å². The number of benzene rings is 1. The van der Waals surface area contributed by atoms with E-state index in [-0.39, 0.29) is 23.1 Å². The third-order valence-electron chi connectivity index (χ3n) is 6.03. The van der Waals surface area contributed by atoms with Crippen molar-refractivity contribution < 1.29 is 14.3 Å². The van der Waals surface area contributed by atoms with Crippen LogP contribution in [0.3, 0.4) is 0 Å². The summed E-state index contributed by atoms with van der Waals surface area (Å²) in [6, 6.07) is 9.36. The zero-order valence-electron chi connectivity index (χ0n) is 17.9. The van der Waals surface area contributed by atoms with Gasteiger partial charge in [-0.15, -0.1) is 0 Å². The van der Waals surface area contributed by atoms with Crippen molar-refractivity contribution in [1.82, 2.24) is 19.4 Å². The van der Waals surface area contributed by atoms with Crippen molar-refractivity contribution in [3.8, 4) is 5.88 Å². The van der Waals surface area contributed by atoms with Crippen LogP contribution in [0.25, 0.3) is 10.9 Å². The molecule has 3 aromatic rings. The van der Waals surface area contributed by atoms with Gasteiger partial charge in [0.2, 0.25) is 5.88 Å². The maximum Gasteiger partial charge on any atom is 0.263 e. The molecule has 4 heterocycles. The molecule has 0 radical (unpaired) electrons. The van der Waals surface area contributed by atoms with Gasteiger partial charge in [-0.25, -0.2) is 9.97 Å². The van der Waals surface area contributed by atoms with E-state index < -0.39 is 0 Å². The second kappa shape index (κ2) is 8.58. The SMILES string of the molecule is Cn1cccc(C(=O)N2CCN(c3ccc4ncnc(OC5CCOC5)c4c3)CC2)c1=O. The van der Waals surface area contributed by atoms with Crippen molar-refractivity contribution in [3.05, 3.63) is 58.8 Å². The fourth-order valence-corrected chi connectivity index (χ4v) is 4.17. The molecule has 0 saturated carbocycles. The van der Waals surface area contributed by atoms with E-state index >= 15 is 0 Å². The van der Waals surface area contributed by atoms with Crippen molar-refractivity contribution in [2.24, 2.45) is 7.05 Å². The van der Waals surface area contributed by atoms with Crippen LogP contribution in [0.2, 0.25) is 0 Å². The Hall–Kier alpha value is -3.46. The Morgan fingerprint density at radius 3 is 2.78 bits per heavy atom. The lowest BCUT2D eigenvalue weighted by Gasteiger charge is -2.36. The Kier molecular flexibility index (Phi) is 5.48. The van der Waals surface area contributed by atoms with Gasteiger partial charge >= 0.3 is 0 Å². The van der Waals surface area contributed by atoms with Gasteiger partial charge in [-0.05, 0) is 30.3 Å². The summed E-state index contributed by atoms with van der Waals surface area (Å²) in [6.45, 7) is 3.71. The van der Waals surface area contributed by atoms with Gasteiger partial charge in [-0.3, -0.25) is 9.59 Å². The molecule has 9 heteroatoms. The van der Waals surface area contributed by atoms with Gasteiger partial charge in [0.25, 0.3) is 11.5 Å². The van der Waals surface area contributed by atoms with Gasteiger partial charge in [-0.1, -0.05) is 0 Å². The molecule has 1 amide bonds. The molecule has 2 aromatic heterocycles. The van der Waals surface area contributed by atoms with E-state index in [1.165, 1.54) is 10.9 Å². The highest BCUT2D eigenvalue weighted by Gasteiger charge is 2.25. The van der Waals surface area contributed by atoms with E-state index in [9.17, 15) is 9.59 Å². The molecule has 0 bridgehead atoms. The summed E-state index contributed by atoms with van der Waals surface area (Å²) >= 11 is 0. The first-order valence-electron chi connectivity index (χ1n) is 10.8. The van der Waals surface area contributed by atoms with E-state index in [0.29, 0.717) is 45.3 Å². The summed E-state index contributed by atoms with van der Waals surface area (Å²) in [4.78, 5) is 37.8. The minimum absolute atomic E-state index is 0.0111. The predicted molar refractivity (Wildman–Crippen MR) is 119 cm³/mol. The largest absolute Gasteiger partial charge is 0.471 e. The summed E-state index contributed by atoms with van der Waals surface area (Å²) in [5.41, 5.74) is 1.80. The summed E-state index contributed by atoms with van der Waals surface area (Å²) in [5, 5.41) is 0.864. The molecule has 0 aliphatic carbocycles. The standard InChI is InChI=1S/C23H25N5O4/c1-26-7-2-3-18(22(26)29)23(30)28-10-8-27(9-11-28)16-4-5-20-19(13-16)21(25-15-24-20)32-17-6-12-31-14-17/h2-5,7,13,15,17H,6,8-12,14H2,1H3. The number of anilines is 1. The van der Waals surface area contributed by atoms with Crippen LogP contribution < -0.4 is 15.2 Å². The first-order chi connectivity index (χ1) is 15.6. The number of carbonyl (C=O) groups excluding carboxylic acids is 1. The fraction of sp³-hybridized carbons (Fsp3) is 0.391. The molecule has 1 unspecified atom stereocenters. The predicted octanol–water partition coefficient (Wildman–Crippen LogP) is 1.46. The second-order valence-corrected chi connectivity index (χ2v) is 8.10. The smallest absolute Gasteiger partial charge is 0.263 e. The quantitative estimate of drug-likeness (QED) is 0.613. The Morgan fingerprint density at radius 2 is 2.00 bits per heavy atom. The van der Waals surface area contributed by atoms with E-state index in [1.807, 2.05) is 18.2 Å². The van der Waals surface area contributed by atoms with Gasteiger partial charge in [-0.2, -0.15) is 0 Å². The zero-order chi connectivity index (χ0) is 22.1. The molecule has 5 rings (SSSR count). The molecule has 166 valence electrons. The van der Waals surface area contributed by atoms with Crippen molar-refractivity contribution >= 4 is 22.5 Å². The number of aryl methyl sites for hydroxylation is 1. The molecule has 2 saturated heterocycles. The van der Waals surface area contributed by atoms with Gasteiger partial charge in [0.1, 0.15) is 18.0 Å². The minimum atomic E-state index is -0.269. The minimum Gasteiger partial charge on any atom is -0.471 e. The second-order valence-electron chi connectivity index (χ2n) is 8.10. The van der Waals surface area contributed by atoms with Crippen molar-refractivity contribution in [3.63, 3.8) is 0 Å². The van der Waals surface area contributed by atoms with Crippen molar-refractivity contribution in [2.75, 3.05) is 44.3 Å². The normalized spacial score (nSPS) is 18.8.